The van der Waals surface area contributed by atoms with Crippen molar-refractivity contribution >= 4 is 44.5 Å². The Morgan fingerprint density at radius 1 is 1.39 bits per heavy atom. The molecule has 152 valence electrons. The van der Waals surface area contributed by atoms with Gasteiger partial charge in [-0.1, -0.05) is 47.0 Å². The van der Waals surface area contributed by atoms with Crippen molar-refractivity contribution in [2.75, 3.05) is 12.3 Å². The van der Waals surface area contributed by atoms with Crippen molar-refractivity contribution in [1.82, 2.24) is 14.9 Å². The van der Waals surface area contributed by atoms with Crippen LogP contribution in [0.2, 0.25) is 0 Å². The van der Waals surface area contributed by atoms with Crippen molar-refractivity contribution in [1.29, 1.82) is 0 Å². The predicted octanol–water partition coefficient (Wildman–Crippen LogP) is 3.33. The number of fused-ring (bicyclic) bond motifs is 1. The fourth-order valence-corrected chi connectivity index (χ4v) is 4.74. The zero-order chi connectivity index (χ0) is 20.1. The van der Waals surface area contributed by atoms with Gasteiger partial charge < -0.3 is 10.4 Å². The van der Waals surface area contributed by atoms with Gasteiger partial charge in [0.05, 0.1) is 29.3 Å². The van der Waals surface area contributed by atoms with Crippen molar-refractivity contribution in [3.63, 3.8) is 0 Å². The van der Waals surface area contributed by atoms with Crippen LogP contribution in [0.4, 0.5) is 0 Å². The summed E-state index contributed by atoms with van der Waals surface area (Å²) in [6, 6.07) is 5.34. The molecule has 8 heteroatoms. The summed E-state index contributed by atoms with van der Waals surface area (Å²) in [5, 5.41) is 13.8. The number of aliphatic hydroxyl groups excluding tert-OH is 1. The third-order valence-corrected chi connectivity index (χ3v) is 6.44. The number of nitrogens with one attached hydrogen (secondary N) is 1. The monoisotopic (exact) mass is 467 g/mol. The molecule has 0 spiro atoms. The Kier molecular flexibility index (Phi) is 7.54. The van der Waals surface area contributed by atoms with Crippen LogP contribution in [-0.4, -0.2) is 39.0 Å². The van der Waals surface area contributed by atoms with Gasteiger partial charge >= 0.3 is 0 Å². The zero-order valence-corrected chi connectivity index (χ0v) is 18.4. The van der Waals surface area contributed by atoms with E-state index in [0.717, 1.165) is 11.0 Å². The summed E-state index contributed by atoms with van der Waals surface area (Å²) in [4.78, 5) is 29.7. The minimum absolute atomic E-state index is 0.0516. The first-order valence-electron chi connectivity index (χ1n) is 9.71. The van der Waals surface area contributed by atoms with E-state index in [1.807, 2.05) is 6.07 Å². The van der Waals surface area contributed by atoms with Crippen LogP contribution in [0.1, 0.15) is 39.0 Å². The lowest BCUT2D eigenvalue weighted by molar-refractivity contribution is -0.118. The maximum absolute atomic E-state index is 12.9. The molecule has 1 fully saturated rings. The molecule has 6 nitrogen and oxygen atoms in total. The summed E-state index contributed by atoms with van der Waals surface area (Å²) < 4.78 is 2.25. The van der Waals surface area contributed by atoms with Crippen molar-refractivity contribution in [2.45, 2.75) is 56.8 Å². The first-order chi connectivity index (χ1) is 13.4. The molecule has 28 heavy (non-hydrogen) atoms. The molecule has 2 N–H and O–H groups in total. The van der Waals surface area contributed by atoms with E-state index in [0.29, 0.717) is 22.0 Å². The Morgan fingerprint density at radius 2 is 2.14 bits per heavy atom. The third kappa shape index (κ3) is 5.58. The number of aliphatic hydroxyl groups is 1. The lowest BCUT2D eigenvalue weighted by atomic mass is 9.89. The van der Waals surface area contributed by atoms with Gasteiger partial charge in [-0.15, -0.1) is 0 Å². The molecule has 1 aromatic heterocycles. The van der Waals surface area contributed by atoms with E-state index in [2.05, 4.69) is 26.2 Å². The molecule has 1 aliphatic carbocycles. The van der Waals surface area contributed by atoms with Crippen LogP contribution in [0.15, 0.2) is 32.6 Å². The molecule has 0 bridgehead atoms. The van der Waals surface area contributed by atoms with Crippen LogP contribution in [-0.2, 0) is 11.3 Å². The largest absolute Gasteiger partial charge is 0.392 e. The van der Waals surface area contributed by atoms with E-state index in [4.69, 9.17) is 0 Å². The summed E-state index contributed by atoms with van der Waals surface area (Å²) in [6.07, 6.45) is 5.47. The molecule has 0 radical (unpaired) electrons. The molecule has 1 atom stereocenters. The minimum Gasteiger partial charge on any atom is -0.392 e. The first-order valence-corrected chi connectivity index (χ1v) is 11.5. The third-order valence-electron chi connectivity index (χ3n) is 4.97. The molecule has 1 saturated carbocycles. The van der Waals surface area contributed by atoms with Crippen LogP contribution in [0.3, 0.4) is 0 Å². The highest BCUT2D eigenvalue weighted by Gasteiger charge is 2.17. The van der Waals surface area contributed by atoms with Gasteiger partial charge in [-0.05, 0) is 43.9 Å². The van der Waals surface area contributed by atoms with E-state index in [9.17, 15) is 14.7 Å². The number of carbonyl (C=O) groups is 1. The lowest BCUT2D eigenvalue weighted by Gasteiger charge is -2.21. The van der Waals surface area contributed by atoms with Gasteiger partial charge in [-0.25, -0.2) is 4.98 Å². The summed E-state index contributed by atoms with van der Waals surface area (Å²) in [6.45, 7) is 2.49. The Balaban J connectivity index is 1.72. The molecular weight excluding hydrogens is 442 g/mol. The first kappa shape index (κ1) is 21.3. The summed E-state index contributed by atoms with van der Waals surface area (Å²) in [7, 11) is 0. The second-order valence-corrected chi connectivity index (χ2v) is 9.28. The molecule has 0 saturated heterocycles. The maximum atomic E-state index is 12.9. The van der Waals surface area contributed by atoms with Gasteiger partial charge in [0.1, 0.15) is 0 Å². The fraction of sp³-hybridized carbons (Fsp3) is 0.550. The summed E-state index contributed by atoms with van der Waals surface area (Å²) in [5.41, 5.74) is 0.373. The SMILES string of the molecule is C[C@H](O)Cn1c(SCC(=O)NCC2CCCCC2)nc2ccc(Br)cc2c1=O. The number of benzene rings is 1. The number of thioether (sulfide) groups is 1. The molecule has 0 unspecified atom stereocenters. The van der Waals surface area contributed by atoms with Crippen LogP contribution < -0.4 is 10.9 Å². The minimum atomic E-state index is -0.691. The molecule has 1 heterocycles. The quantitative estimate of drug-likeness (QED) is 0.481. The average molecular weight is 468 g/mol. The number of hydrogen-bond acceptors (Lipinski definition) is 5. The molecule has 1 aliphatic rings. The zero-order valence-electron chi connectivity index (χ0n) is 16.0. The Hall–Kier alpha value is -1.38. The van der Waals surface area contributed by atoms with Crippen LogP contribution in [0, 0.1) is 5.92 Å². The van der Waals surface area contributed by atoms with Crippen LogP contribution in [0.5, 0.6) is 0 Å². The highest BCUT2D eigenvalue weighted by molar-refractivity contribution is 9.10. The standard InChI is InChI=1S/C20H26BrN3O3S/c1-13(25)11-24-19(27)16-9-15(21)7-8-17(16)23-20(24)28-12-18(26)22-10-14-5-3-2-4-6-14/h7-9,13-14,25H,2-6,10-12H2,1H3,(H,22,26)/t13-/m0/s1. The normalized spacial score (nSPS) is 16.2. The van der Waals surface area contributed by atoms with Gasteiger partial charge in [0.15, 0.2) is 5.16 Å². The number of halogens is 1. The molecule has 1 aromatic carbocycles. The number of amides is 1. The number of carbonyl (C=O) groups excluding carboxylic acids is 1. The predicted molar refractivity (Wildman–Crippen MR) is 116 cm³/mol. The highest BCUT2D eigenvalue weighted by atomic mass is 79.9. The molecule has 2 aromatic rings. The van der Waals surface area contributed by atoms with E-state index >= 15 is 0 Å². The average Bonchev–Trinajstić information content (AvgIpc) is 2.68. The maximum Gasteiger partial charge on any atom is 0.262 e. The summed E-state index contributed by atoms with van der Waals surface area (Å²) >= 11 is 4.61. The van der Waals surface area contributed by atoms with Crippen molar-refractivity contribution in [3.8, 4) is 0 Å². The smallest absolute Gasteiger partial charge is 0.262 e. The van der Waals surface area contributed by atoms with E-state index in [-0.39, 0.29) is 23.8 Å². The van der Waals surface area contributed by atoms with Crippen molar-refractivity contribution in [2.24, 2.45) is 5.92 Å². The van der Waals surface area contributed by atoms with Gasteiger partial charge in [0.2, 0.25) is 5.91 Å². The Labute approximate surface area is 177 Å². The van der Waals surface area contributed by atoms with Gasteiger partial charge in [-0.2, -0.15) is 0 Å². The molecule has 1 amide bonds. The summed E-state index contributed by atoms with van der Waals surface area (Å²) in [5.74, 6) is 0.721. The molecular formula is C20H26BrN3O3S. The van der Waals surface area contributed by atoms with E-state index in [1.54, 1.807) is 19.1 Å². The number of rotatable bonds is 7. The second-order valence-electron chi connectivity index (χ2n) is 7.42. The lowest BCUT2D eigenvalue weighted by Crippen LogP contribution is -2.32. The number of hydrogen-bond donors (Lipinski definition) is 2. The van der Waals surface area contributed by atoms with E-state index < -0.39 is 6.10 Å². The van der Waals surface area contributed by atoms with Gasteiger partial charge in [0, 0.05) is 11.0 Å². The van der Waals surface area contributed by atoms with Crippen LogP contribution in [0.25, 0.3) is 10.9 Å². The van der Waals surface area contributed by atoms with Crippen LogP contribution >= 0.6 is 27.7 Å². The van der Waals surface area contributed by atoms with Gasteiger partial charge in [-0.3, -0.25) is 14.2 Å². The number of aromatic nitrogens is 2. The number of nitrogens with zero attached hydrogens (tertiary/aromatic N) is 2. The fourth-order valence-electron chi connectivity index (χ4n) is 3.54. The molecule has 0 aliphatic heterocycles. The van der Waals surface area contributed by atoms with Crippen molar-refractivity contribution < 1.29 is 9.90 Å². The van der Waals surface area contributed by atoms with Crippen molar-refractivity contribution in [3.05, 3.63) is 33.0 Å². The second kappa shape index (κ2) is 9.89. The highest BCUT2D eigenvalue weighted by Crippen LogP contribution is 2.23. The Bertz CT molecular complexity index is 894. The topological polar surface area (TPSA) is 84.2 Å². The Morgan fingerprint density at radius 3 is 2.86 bits per heavy atom. The van der Waals surface area contributed by atoms with E-state index in [1.165, 1.54) is 48.4 Å². The molecule has 3 rings (SSSR count). The van der Waals surface area contributed by atoms with Gasteiger partial charge in [0.25, 0.3) is 5.56 Å².